The molecule has 3 nitrogen and oxygen atoms in total. The van der Waals surface area contributed by atoms with Crippen LogP contribution in [-0.2, 0) is 13.0 Å². The highest BCUT2D eigenvalue weighted by Gasteiger charge is 2.22. The van der Waals surface area contributed by atoms with E-state index in [0.717, 1.165) is 29.7 Å². The van der Waals surface area contributed by atoms with Gasteiger partial charge < -0.3 is 10.1 Å². The molecule has 1 aliphatic rings. The van der Waals surface area contributed by atoms with Gasteiger partial charge in [-0.05, 0) is 23.8 Å². The quantitative estimate of drug-likeness (QED) is 0.938. The van der Waals surface area contributed by atoms with E-state index in [0.29, 0.717) is 0 Å². The number of hydrogen-bond acceptors (Lipinski definition) is 4. The molecule has 2 heterocycles. The molecule has 1 atom stereocenters. The van der Waals surface area contributed by atoms with Crippen molar-refractivity contribution in [1.82, 2.24) is 10.3 Å². The molecule has 1 aliphatic heterocycles. The minimum atomic E-state index is 0.238. The van der Waals surface area contributed by atoms with Crippen LogP contribution in [-0.4, -0.2) is 17.6 Å². The zero-order valence-corrected chi connectivity index (χ0v) is 12.1. The summed E-state index contributed by atoms with van der Waals surface area (Å²) in [5, 5.41) is 3.41. The second-order valence-electron chi connectivity index (χ2n) is 4.29. The van der Waals surface area contributed by atoms with Gasteiger partial charge in [-0.3, -0.25) is 4.98 Å². The van der Waals surface area contributed by atoms with Gasteiger partial charge in [-0.2, -0.15) is 0 Å². The monoisotopic (exact) mass is 324 g/mol. The van der Waals surface area contributed by atoms with Gasteiger partial charge in [0.15, 0.2) is 0 Å². The van der Waals surface area contributed by atoms with Gasteiger partial charge in [-0.25, -0.2) is 0 Å². The number of ether oxygens (including phenoxy) is 1. The number of halogens is 1. The van der Waals surface area contributed by atoms with E-state index >= 15 is 0 Å². The van der Waals surface area contributed by atoms with Crippen LogP contribution in [0.5, 0.6) is 5.75 Å². The van der Waals surface area contributed by atoms with Crippen molar-refractivity contribution in [3.63, 3.8) is 0 Å². The Labute approximate surface area is 118 Å². The van der Waals surface area contributed by atoms with Crippen LogP contribution in [0, 0.1) is 0 Å². The summed E-state index contributed by atoms with van der Waals surface area (Å²) in [4.78, 5) is 5.31. The summed E-state index contributed by atoms with van der Waals surface area (Å²) in [5.41, 5.74) is 3.14. The lowest BCUT2D eigenvalue weighted by molar-refractivity contribution is 0.227. The first-order chi connectivity index (χ1) is 8.81. The number of fused-ring (bicyclic) bond motifs is 1. The Morgan fingerprint density at radius 1 is 1.50 bits per heavy atom. The molecule has 0 amide bonds. The van der Waals surface area contributed by atoms with Crippen LogP contribution in [0.1, 0.15) is 10.4 Å². The van der Waals surface area contributed by atoms with E-state index < -0.39 is 0 Å². The maximum Gasteiger partial charge on any atom is 0.123 e. The third kappa shape index (κ3) is 2.74. The molecule has 1 unspecified atom stereocenters. The molecular formula is C13H13BrN2OS. The highest BCUT2D eigenvalue weighted by Crippen LogP contribution is 2.30. The fourth-order valence-corrected chi connectivity index (χ4v) is 3.06. The highest BCUT2D eigenvalue weighted by molar-refractivity contribution is 9.10. The van der Waals surface area contributed by atoms with Crippen LogP contribution in [0.4, 0.5) is 0 Å². The molecule has 0 saturated heterocycles. The molecule has 94 valence electrons. The summed E-state index contributed by atoms with van der Waals surface area (Å²) in [6.07, 6.45) is 3.12. The lowest BCUT2D eigenvalue weighted by atomic mass is 10.1. The van der Waals surface area contributed by atoms with Crippen LogP contribution < -0.4 is 10.1 Å². The molecule has 2 aromatic rings. The molecule has 0 saturated carbocycles. The molecule has 5 heteroatoms. The molecular weight excluding hydrogens is 312 g/mol. The van der Waals surface area contributed by atoms with Gasteiger partial charge in [0.05, 0.1) is 5.51 Å². The number of rotatable bonds is 4. The van der Waals surface area contributed by atoms with Crippen molar-refractivity contribution in [2.75, 3.05) is 6.54 Å². The van der Waals surface area contributed by atoms with Crippen molar-refractivity contribution in [3.05, 3.63) is 44.8 Å². The Balaban J connectivity index is 1.52. The van der Waals surface area contributed by atoms with E-state index in [1.54, 1.807) is 11.3 Å². The van der Waals surface area contributed by atoms with Crippen molar-refractivity contribution in [1.29, 1.82) is 0 Å². The lowest BCUT2D eigenvalue weighted by Crippen LogP contribution is -2.29. The molecule has 0 bridgehead atoms. The standard InChI is InChI=1S/C13H13BrN2OS/c14-10-1-2-13-9(3-10)4-11(17-13)5-15-6-12-7-16-8-18-12/h1-3,7-8,11,15H,4-6H2. The number of nitrogens with zero attached hydrogens (tertiary/aromatic N) is 1. The predicted octanol–water partition coefficient (Wildman–Crippen LogP) is 3.00. The Bertz CT molecular complexity index is 530. The molecule has 1 aromatic heterocycles. The van der Waals surface area contributed by atoms with Crippen LogP contribution in [0.15, 0.2) is 34.4 Å². The first kappa shape index (κ1) is 12.1. The molecule has 18 heavy (non-hydrogen) atoms. The lowest BCUT2D eigenvalue weighted by Gasteiger charge is -2.10. The Kier molecular flexibility index (Phi) is 3.63. The van der Waals surface area contributed by atoms with Gasteiger partial charge in [-0.1, -0.05) is 15.9 Å². The Hall–Kier alpha value is -0.910. The first-order valence-electron chi connectivity index (χ1n) is 5.84. The average Bonchev–Trinajstić information content (AvgIpc) is 2.97. The van der Waals surface area contributed by atoms with E-state index in [1.807, 2.05) is 23.8 Å². The van der Waals surface area contributed by atoms with E-state index in [9.17, 15) is 0 Å². The smallest absolute Gasteiger partial charge is 0.123 e. The molecule has 0 spiro atoms. The highest BCUT2D eigenvalue weighted by atomic mass is 79.9. The number of hydrogen-bond donors (Lipinski definition) is 1. The Morgan fingerprint density at radius 3 is 3.28 bits per heavy atom. The van der Waals surface area contributed by atoms with Gasteiger partial charge in [0.25, 0.3) is 0 Å². The van der Waals surface area contributed by atoms with Crippen molar-refractivity contribution in [2.24, 2.45) is 0 Å². The summed E-state index contributed by atoms with van der Waals surface area (Å²) in [5.74, 6) is 1.02. The third-order valence-electron chi connectivity index (χ3n) is 2.92. The molecule has 1 aromatic carbocycles. The molecule has 3 rings (SSSR count). The van der Waals surface area contributed by atoms with E-state index in [4.69, 9.17) is 4.74 Å². The SMILES string of the molecule is Brc1ccc2c(c1)CC(CNCc1cncs1)O2. The molecule has 0 aliphatic carbocycles. The average molecular weight is 325 g/mol. The number of aromatic nitrogens is 1. The zero-order chi connectivity index (χ0) is 12.4. The molecule has 0 radical (unpaired) electrons. The normalized spacial score (nSPS) is 17.5. The van der Waals surface area contributed by atoms with Gasteiger partial charge >= 0.3 is 0 Å². The number of benzene rings is 1. The minimum absolute atomic E-state index is 0.238. The van der Waals surface area contributed by atoms with E-state index in [1.165, 1.54) is 10.4 Å². The van der Waals surface area contributed by atoms with Crippen LogP contribution in [0.25, 0.3) is 0 Å². The number of thiazole rings is 1. The van der Waals surface area contributed by atoms with Crippen LogP contribution in [0.2, 0.25) is 0 Å². The maximum absolute atomic E-state index is 5.89. The van der Waals surface area contributed by atoms with Gasteiger partial charge in [0.2, 0.25) is 0 Å². The predicted molar refractivity (Wildman–Crippen MR) is 76.1 cm³/mol. The van der Waals surface area contributed by atoms with Crippen molar-refractivity contribution >= 4 is 27.3 Å². The molecule has 0 fully saturated rings. The first-order valence-corrected chi connectivity index (χ1v) is 7.52. The van der Waals surface area contributed by atoms with Crippen molar-refractivity contribution in [3.8, 4) is 5.75 Å². The maximum atomic E-state index is 5.89. The van der Waals surface area contributed by atoms with E-state index in [2.05, 4.69) is 32.3 Å². The molecule has 1 N–H and O–H groups in total. The summed E-state index contributed by atoms with van der Waals surface area (Å²) < 4.78 is 7.00. The summed E-state index contributed by atoms with van der Waals surface area (Å²) in [7, 11) is 0. The topological polar surface area (TPSA) is 34.2 Å². The largest absolute Gasteiger partial charge is 0.488 e. The van der Waals surface area contributed by atoms with Crippen molar-refractivity contribution in [2.45, 2.75) is 19.1 Å². The fourth-order valence-electron chi connectivity index (χ4n) is 2.09. The second kappa shape index (κ2) is 5.38. The van der Waals surface area contributed by atoms with Crippen LogP contribution >= 0.6 is 27.3 Å². The minimum Gasteiger partial charge on any atom is -0.488 e. The van der Waals surface area contributed by atoms with Crippen LogP contribution in [0.3, 0.4) is 0 Å². The number of nitrogens with one attached hydrogen (secondary N) is 1. The zero-order valence-electron chi connectivity index (χ0n) is 9.73. The van der Waals surface area contributed by atoms with E-state index in [-0.39, 0.29) is 6.10 Å². The Morgan fingerprint density at radius 2 is 2.44 bits per heavy atom. The van der Waals surface area contributed by atoms with Gasteiger partial charge in [-0.15, -0.1) is 11.3 Å². The summed E-state index contributed by atoms with van der Waals surface area (Å²) in [6, 6.07) is 6.19. The van der Waals surface area contributed by atoms with Gasteiger partial charge in [0, 0.05) is 35.1 Å². The third-order valence-corrected chi connectivity index (χ3v) is 4.19. The second-order valence-corrected chi connectivity index (χ2v) is 6.18. The summed E-state index contributed by atoms with van der Waals surface area (Å²) >= 11 is 5.16. The van der Waals surface area contributed by atoms with Crippen molar-refractivity contribution < 1.29 is 4.74 Å². The fraction of sp³-hybridized carbons (Fsp3) is 0.308. The summed E-state index contributed by atoms with van der Waals surface area (Å²) in [6.45, 7) is 1.73. The van der Waals surface area contributed by atoms with Gasteiger partial charge in [0.1, 0.15) is 11.9 Å².